The Hall–Kier alpha value is -1.98. The van der Waals surface area contributed by atoms with Gasteiger partial charge < -0.3 is 10.1 Å². The molecule has 2 aromatic rings. The lowest BCUT2D eigenvalue weighted by atomic mass is 10.1. The van der Waals surface area contributed by atoms with Crippen LogP contribution in [-0.4, -0.2) is 24.0 Å². The molecule has 28 heavy (non-hydrogen) atoms. The monoisotopic (exact) mass is 417 g/mol. The van der Waals surface area contributed by atoms with Crippen molar-refractivity contribution in [2.24, 2.45) is 0 Å². The van der Waals surface area contributed by atoms with Crippen LogP contribution in [0.15, 0.2) is 53.4 Å². The summed E-state index contributed by atoms with van der Waals surface area (Å²) >= 11 is 7.59. The predicted octanol–water partition coefficient (Wildman–Crippen LogP) is 5.24. The Labute approximate surface area is 175 Å². The van der Waals surface area contributed by atoms with E-state index in [2.05, 4.69) is 5.32 Å². The van der Waals surface area contributed by atoms with Gasteiger partial charge in [0.25, 0.3) is 5.91 Å². The molecule has 4 nitrogen and oxygen atoms in total. The molecule has 1 fully saturated rings. The largest absolute Gasteiger partial charge is 0.449 e. The fourth-order valence-electron chi connectivity index (χ4n) is 3.11. The summed E-state index contributed by atoms with van der Waals surface area (Å²) in [5, 5.41) is 3.67. The van der Waals surface area contributed by atoms with Crippen molar-refractivity contribution in [2.45, 2.75) is 55.4 Å². The number of halogens is 1. The molecule has 6 heteroatoms. The number of carbonyl (C=O) groups excluding carboxylic acids is 2. The van der Waals surface area contributed by atoms with Crippen LogP contribution in [-0.2, 0) is 15.3 Å². The van der Waals surface area contributed by atoms with Crippen LogP contribution in [0.4, 0.5) is 0 Å². The van der Waals surface area contributed by atoms with E-state index in [4.69, 9.17) is 16.3 Å². The van der Waals surface area contributed by atoms with Gasteiger partial charge in [-0.1, -0.05) is 36.6 Å². The highest BCUT2D eigenvalue weighted by molar-refractivity contribution is 7.98. The fraction of sp³-hybridized carbons (Fsp3) is 0.364. The molecule has 1 saturated carbocycles. The molecule has 0 spiro atoms. The number of hydrogen-bond donors (Lipinski definition) is 1. The zero-order valence-electron chi connectivity index (χ0n) is 15.8. The van der Waals surface area contributed by atoms with Crippen LogP contribution in [0.1, 0.15) is 48.5 Å². The van der Waals surface area contributed by atoms with Crippen molar-refractivity contribution < 1.29 is 14.3 Å². The molecule has 0 saturated heterocycles. The molecule has 0 unspecified atom stereocenters. The molecule has 0 aliphatic heterocycles. The Kier molecular flexibility index (Phi) is 7.40. The Morgan fingerprint density at radius 3 is 2.39 bits per heavy atom. The quantitative estimate of drug-likeness (QED) is 0.494. The van der Waals surface area contributed by atoms with Crippen molar-refractivity contribution in [3.63, 3.8) is 0 Å². The first-order valence-corrected chi connectivity index (χ1v) is 10.9. The summed E-state index contributed by atoms with van der Waals surface area (Å²) < 4.78 is 5.32. The normalized spacial score (nSPS) is 15.2. The molecule has 3 rings (SSSR count). The van der Waals surface area contributed by atoms with Gasteiger partial charge in [-0.05, 0) is 61.7 Å². The van der Waals surface area contributed by atoms with E-state index >= 15 is 0 Å². The summed E-state index contributed by atoms with van der Waals surface area (Å²) in [6.07, 6.45) is 3.49. The van der Waals surface area contributed by atoms with Gasteiger partial charge in [-0.3, -0.25) is 4.79 Å². The summed E-state index contributed by atoms with van der Waals surface area (Å²) in [6.45, 7) is 1.61. The van der Waals surface area contributed by atoms with E-state index in [1.54, 1.807) is 30.8 Å². The van der Waals surface area contributed by atoms with Crippen LogP contribution in [0, 0.1) is 0 Å². The first-order valence-electron chi connectivity index (χ1n) is 9.50. The van der Waals surface area contributed by atoms with Gasteiger partial charge in [-0.2, -0.15) is 0 Å². The maximum atomic E-state index is 12.3. The van der Waals surface area contributed by atoms with E-state index in [9.17, 15) is 9.59 Å². The van der Waals surface area contributed by atoms with E-state index in [-0.39, 0.29) is 11.9 Å². The molecule has 1 aliphatic carbocycles. The van der Waals surface area contributed by atoms with Crippen molar-refractivity contribution >= 4 is 35.2 Å². The van der Waals surface area contributed by atoms with E-state index in [1.165, 1.54) is 0 Å². The number of amides is 1. The average Bonchev–Trinajstić information content (AvgIpc) is 3.21. The second-order valence-corrected chi connectivity index (χ2v) is 8.46. The zero-order chi connectivity index (χ0) is 19.9. The van der Waals surface area contributed by atoms with Gasteiger partial charge in [-0.25, -0.2) is 4.79 Å². The molecule has 0 bridgehead atoms. The first kappa shape index (κ1) is 20.7. The minimum Gasteiger partial charge on any atom is -0.449 e. The molecule has 148 valence electrons. The molecule has 1 atom stereocenters. The van der Waals surface area contributed by atoms with Crippen LogP contribution in [0.5, 0.6) is 0 Å². The Balaban J connectivity index is 1.48. The second-order valence-electron chi connectivity index (χ2n) is 6.98. The molecular weight excluding hydrogens is 394 g/mol. The SMILES string of the molecule is C[C@@H](OC(=O)c1ccc(CSc2ccc(Cl)cc2)cc1)C(=O)NC1CCCC1. The van der Waals surface area contributed by atoms with Gasteiger partial charge in [0.05, 0.1) is 5.56 Å². The molecular formula is C22H24ClNO3S. The smallest absolute Gasteiger partial charge is 0.338 e. The third-order valence-electron chi connectivity index (χ3n) is 4.76. The topological polar surface area (TPSA) is 55.4 Å². The average molecular weight is 418 g/mol. The molecule has 1 amide bonds. The highest BCUT2D eigenvalue weighted by atomic mass is 35.5. The maximum absolute atomic E-state index is 12.3. The second kappa shape index (κ2) is 9.99. The van der Waals surface area contributed by atoms with Crippen molar-refractivity contribution in [3.8, 4) is 0 Å². The number of esters is 1. The zero-order valence-corrected chi connectivity index (χ0v) is 17.4. The number of benzene rings is 2. The van der Waals surface area contributed by atoms with E-state index in [0.29, 0.717) is 5.56 Å². The van der Waals surface area contributed by atoms with Crippen LogP contribution in [0.25, 0.3) is 0 Å². The highest BCUT2D eigenvalue weighted by Crippen LogP contribution is 2.24. The lowest BCUT2D eigenvalue weighted by Gasteiger charge is -2.17. The van der Waals surface area contributed by atoms with Gasteiger partial charge in [0, 0.05) is 21.7 Å². The third kappa shape index (κ3) is 6.01. The third-order valence-corrected chi connectivity index (χ3v) is 6.10. The van der Waals surface area contributed by atoms with Crippen LogP contribution >= 0.6 is 23.4 Å². The van der Waals surface area contributed by atoms with Gasteiger partial charge in [0.15, 0.2) is 6.10 Å². The van der Waals surface area contributed by atoms with Gasteiger partial charge >= 0.3 is 5.97 Å². The van der Waals surface area contributed by atoms with Crippen LogP contribution in [0.3, 0.4) is 0 Å². The first-order chi connectivity index (χ1) is 13.5. The minimum atomic E-state index is -0.798. The highest BCUT2D eigenvalue weighted by Gasteiger charge is 2.23. The summed E-state index contributed by atoms with van der Waals surface area (Å²) in [5.74, 6) is 0.0826. The number of nitrogens with one attached hydrogen (secondary N) is 1. The van der Waals surface area contributed by atoms with Gasteiger partial charge in [0.2, 0.25) is 0 Å². The minimum absolute atomic E-state index is 0.214. The number of rotatable bonds is 7. The number of hydrogen-bond acceptors (Lipinski definition) is 4. The Morgan fingerprint density at radius 2 is 1.75 bits per heavy atom. The standard InChI is InChI=1S/C22H24ClNO3S/c1-15(21(25)24-19-4-2-3-5-19)27-22(26)17-8-6-16(7-9-17)14-28-20-12-10-18(23)11-13-20/h6-13,15,19H,2-5,14H2,1H3,(H,24,25)/t15-/m1/s1. The number of thioether (sulfide) groups is 1. The molecule has 0 radical (unpaired) electrons. The van der Waals surface area contributed by atoms with Gasteiger partial charge in [-0.15, -0.1) is 11.8 Å². The lowest BCUT2D eigenvalue weighted by molar-refractivity contribution is -0.129. The summed E-state index contributed by atoms with van der Waals surface area (Å²) in [5.41, 5.74) is 1.55. The Morgan fingerprint density at radius 1 is 1.11 bits per heavy atom. The lowest BCUT2D eigenvalue weighted by Crippen LogP contribution is -2.40. The molecule has 0 aromatic heterocycles. The van der Waals surface area contributed by atoms with E-state index in [1.807, 2.05) is 36.4 Å². The number of ether oxygens (including phenoxy) is 1. The predicted molar refractivity (Wildman–Crippen MR) is 113 cm³/mol. The molecule has 1 aliphatic rings. The molecule has 1 N–H and O–H groups in total. The van der Waals surface area contributed by atoms with E-state index in [0.717, 1.165) is 46.9 Å². The number of carbonyl (C=O) groups is 2. The van der Waals surface area contributed by atoms with Crippen molar-refractivity contribution in [1.29, 1.82) is 0 Å². The van der Waals surface area contributed by atoms with Gasteiger partial charge in [0.1, 0.15) is 0 Å². The summed E-state index contributed by atoms with van der Waals surface area (Å²) in [6, 6.07) is 15.2. The van der Waals surface area contributed by atoms with Crippen LogP contribution in [0.2, 0.25) is 5.02 Å². The van der Waals surface area contributed by atoms with Crippen LogP contribution < -0.4 is 5.32 Å². The van der Waals surface area contributed by atoms with Crippen molar-refractivity contribution in [3.05, 3.63) is 64.7 Å². The fourth-order valence-corrected chi connectivity index (χ4v) is 4.09. The van der Waals surface area contributed by atoms with Crippen molar-refractivity contribution in [1.82, 2.24) is 5.32 Å². The summed E-state index contributed by atoms with van der Waals surface area (Å²) in [7, 11) is 0. The summed E-state index contributed by atoms with van der Waals surface area (Å²) in [4.78, 5) is 25.6. The molecule has 0 heterocycles. The maximum Gasteiger partial charge on any atom is 0.338 e. The molecule has 2 aromatic carbocycles. The van der Waals surface area contributed by atoms with E-state index < -0.39 is 12.1 Å². The van der Waals surface area contributed by atoms with Crippen molar-refractivity contribution in [2.75, 3.05) is 0 Å². The Bertz CT molecular complexity index is 802.